The molecule has 0 spiro atoms. The monoisotopic (exact) mass is 310 g/mol. The average Bonchev–Trinajstić information content (AvgIpc) is 2.76. The Morgan fingerprint density at radius 3 is 2.71 bits per heavy atom. The molecular weight excluding hydrogens is 284 g/mol. The first kappa shape index (κ1) is 14.4. The molecule has 0 aromatic rings. The van der Waals surface area contributed by atoms with Crippen LogP contribution in [0.1, 0.15) is 58.8 Å². The molecule has 4 unspecified atom stereocenters. The van der Waals surface area contributed by atoms with Gasteiger partial charge in [0.2, 0.25) is 0 Å². The molecule has 118 valence electrons. The summed E-state index contributed by atoms with van der Waals surface area (Å²) in [6.45, 7) is 5.36. The topological polar surface area (TPSA) is 26.3 Å². The quantitative estimate of drug-likeness (QED) is 0.489. The van der Waals surface area contributed by atoms with Gasteiger partial charge in [0.25, 0.3) is 0 Å². The van der Waals surface area contributed by atoms with Gasteiger partial charge >= 0.3 is 5.97 Å². The summed E-state index contributed by atoms with van der Waals surface area (Å²) in [7, 11) is 0. The molecule has 1 heterocycles. The van der Waals surface area contributed by atoms with E-state index in [9.17, 15) is 4.79 Å². The van der Waals surface area contributed by atoms with Crippen LogP contribution in [0.2, 0.25) is 0 Å². The van der Waals surface area contributed by atoms with E-state index in [4.69, 9.17) is 16.3 Å². The van der Waals surface area contributed by atoms with E-state index in [2.05, 4.69) is 13.8 Å². The lowest BCUT2D eigenvalue weighted by Gasteiger charge is -2.59. The number of halogens is 1. The van der Waals surface area contributed by atoms with Gasteiger partial charge in [0.05, 0.1) is 12.0 Å². The standard InChI is InChI=1S/C18H27ClO2/c1-17-7-5-12(19)9-11(17)3-4-13-14(17)6-8-18(2)15(13)10-21-16(18)20/h11-15H,3-10H2,1-2H3/t11-,12-,13?,14?,15?,17?,18-/m0/s1. The molecule has 0 aromatic carbocycles. The van der Waals surface area contributed by atoms with E-state index in [1.165, 1.54) is 38.5 Å². The second kappa shape index (κ2) is 4.63. The first-order valence-electron chi connectivity index (χ1n) is 8.76. The maximum atomic E-state index is 12.2. The zero-order chi connectivity index (χ0) is 14.8. The number of hydrogen-bond acceptors (Lipinski definition) is 2. The fourth-order valence-electron chi connectivity index (χ4n) is 6.42. The number of esters is 1. The molecule has 0 aromatic heterocycles. The Hall–Kier alpha value is -0.240. The Balaban J connectivity index is 1.64. The Morgan fingerprint density at radius 2 is 1.90 bits per heavy atom. The molecular formula is C18H27ClO2. The molecule has 4 fully saturated rings. The van der Waals surface area contributed by atoms with Crippen molar-refractivity contribution in [1.82, 2.24) is 0 Å². The molecule has 1 aliphatic heterocycles. The summed E-state index contributed by atoms with van der Waals surface area (Å²) < 4.78 is 5.48. The largest absolute Gasteiger partial charge is 0.465 e. The van der Waals surface area contributed by atoms with E-state index < -0.39 is 0 Å². The maximum Gasteiger partial charge on any atom is 0.312 e. The molecule has 21 heavy (non-hydrogen) atoms. The third-order valence-corrected chi connectivity index (χ3v) is 8.25. The highest BCUT2D eigenvalue weighted by Crippen LogP contribution is 2.64. The smallest absolute Gasteiger partial charge is 0.312 e. The number of hydrogen-bond donors (Lipinski definition) is 0. The molecule has 4 aliphatic rings. The molecule has 3 saturated carbocycles. The van der Waals surface area contributed by atoms with E-state index in [0.29, 0.717) is 29.2 Å². The summed E-state index contributed by atoms with van der Waals surface area (Å²) in [5.41, 5.74) is 0.273. The number of alkyl halides is 1. The van der Waals surface area contributed by atoms with Crippen molar-refractivity contribution in [3.8, 4) is 0 Å². The predicted octanol–water partition coefficient (Wildman–Crippen LogP) is 4.40. The number of cyclic esters (lactones) is 1. The van der Waals surface area contributed by atoms with Gasteiger partial charge in [0, 0.05) is 11.3 Å². The molecule has 3 heteroatoms. The minimum Gasteiger partial charge on any atom is -0.465 e. The normalized spacial score (nSPS) is 56.1. The Labute approximate surface area is 132 Å². The molecule has 3 aliphatic carbocycles. The van der Waals surface area contributed by atoms with Crippen LogP contribution in [0.25, 0.3) is 0 Å². The highest BCUT2D eigenvalue weighted by atomic mass is 35.5. The van der Waals surface area contributed by atoms with Crippen LogP contribution in [0.4, 0.5) is 0 Å². The Kier molecular flexibility index (Phi) is 3.17. The molecule has 0 amide bonds. The van der Waals surface area contributed by atoms with Crippen molar-refractivity contribution in [2.24, 2.45) is 34.5 Å². The van der Waals surface area contributed by atoms with Gasteiger partial charge < -0.3 is 4.74 Å². The van der Waals surface area contributed by atoms with Gasteiger partial charge in [-0.2, -0.15) is 0 Å². The van der Waals surface area contributed by atoms with Crippen molar-refractivity contribution in [2.75, 3.05) is 6.61 Å². The van der Waals surface area contributed by atoms with E-state index in [1.807, 2.05) is 0 Å². The number of rotatable bonds is 0. The van der Waals surface area contributed by atoms with Crippen molar-refractivity contribution in [3.63, 3.8) is 0 Å². The molecule has 0 N–H and O–H groups in total. The van der Waals surface area contributed by atoms with Gasteiger partial charge in [0.1, 0.15) is 0 Å². The summed E-state index contributed by atoms with van der Waals surface area (Å²) in [5.74, 6) is 2.83. The van der Waals surface area contributed by atoms with Gasteiger partial charge in [-0.1, -0.05) is 6.92 Å². The zero-order valence-electron chi connectivity index (χ0n) is 13.2. The summed E-state index contributed by atoms with van der Waals surface area (Å²) in [4.78, 5) is 12.2. The van der Waals surface area contributed by atoms with Gasteiger partial charge in [0.15, 0.2) is 0 Å². The minimum atomic E-state index is -0.186. The number of ether oxygens (including phenoxy) is 1. The first-order valence-corrected chi connectivity index (χ1v) is 9.20. The van der Waals surface area contributed by atoms with E-state index in [-0.39, 0.29) is 11.4 Å². The summed E-state index contributed by atoms with van der Waals surface area (Å²) >= 11 is 6.44. The predicted molar refractivity (Wildman–Crippen MR) is 83.1 cm³/mol. The summed E-state index contributed by atoms with van der Waals surface area (Å²) in [5, 5.41) is 0.393. The van der Waals surface area contributed by atoms with E-state index in [1.54, 1.807) is 0 Å². The minimum absolute atomic E-state index is 0.0719. The van der Waals surface area contributed by atoms with Crippen LogP contribution in [-0.4, -0.2) is 18.0 Å². The lowest BCUT2D eigenvalue weighted by molar-refractivity contribution is -0.150. The first-order chi connectivity index (χ1) is 9.95. The van der Waals surface area contributed by atoms with Gasteiger partial charge in [-0.05, 0) is 75.0 Å². The molecule has 4 rings (SSSR count). The second-order valence-corrected chi connectivity index (χ2v) is 9.20. The number of fused-ring (bicyclic) bond motifs is 5. The molecule has 0 radical (unpaired) electrons. The lowest BCUT2D eigenvalue weighted by atomic mass is 9.45. The number of carbonyl (C=O) groups is 1. The third-order valence-electron chi connectivity index (χ3n) is 7.85. The van der Waals surface area contributed by atoms with Crippen molar-refractivity contribution >= 4 is 17.6 Å². The van der Waals surface area contributed by atoms with Crippen LogP contribution in [0.3, 0.4) is 0 Å². The maximum absolute atomic E-state index is 12.2. The van der Waals surface area contributed by atoms with Crippen LogP contribution in [0, 0.1) is 34.5 Å². The zero-order valence-corrected chi connectivity index (χ0v) is 14.0. The van der Waals surface area contributed by atoms with Crippen LogP contribution in [-0.2, 0) is 9.53 Å². The van der Waals surface area contributed by atoms with Crippen molar-refractivity contribution < 1.29 is 9.53 Å². The van der Waals surface area contributed by atoms with Crippen LogP contribution < -0.4 is 0 Å². The summed E-state index contributed by atoms with van der Waals surface area (Å²) in [6.07, 6.45) is 8.50. The van der Waals surface area contributed by atoms with E-state index >= 15 is 0 Å². The fraction of sp³-hybridized carbons (Fsp3) is 0.944. The van der Waals surface area contributed by atoms with Crippen LogP contribution in [0.5, 0.6) is 0 Å². The van der Waals surface area contributed by atoms with Crippen LogP contribution >= 0.6 is 11.6 Å². The molecule has 0 bridgehead atoms. The van der Waals surface area contributed by atoms with Gasteiger partial charge in [-0.25, -0.2) is 0 Å². The van der Waals surface area contributed by atoms with E-state index in [0.717, 1.165) is 18.3 Å². The molecule has 7 atom stereocenters. The third kappa shape index (κ3) is 1.87. The summed E-state index contributed by atoms with van der Waals surface area (Å²) in [6, 6.07) is 0. The lowest BCUT2D eigenvalue weighted by Crippen LogP contribution is -2.54. The second-order valence-electron chi connectivity index (χ2n) is 8.58. The van der Waals surface area contributed by atoms with Crippen molar-refractivity contribution in [1.29, 1.82) is 0 Å². The Bertz CT molecular complexity index is 464. The molecule has 1 saturated heterocycles. The van der Waals surface area contributed by atoms with Crippen molar-refractivity contribution in [3.05, 3.63) is 0 Å². The SMILES string of the molecule is CC12CC[C@H](Cl)C[C@@H]1CCC1C2CC[C@]2(C)C(=O)OCC12. The number of carbonyl (C=O) groups excluding carboxylic acids is 1. The van der Waals surface area contributed by atoms with Gasteiger partial charge in [-0.3, -0.25) is 4.79 Å². The fourth-order valence-corrected chi connectivity index (χ4v) is 6.74. The average molecular weight is 311 g/mol. The van der Waals surface area contributed by atoms with Crippen LogP contribution in [0.15, 0.2) is 0 Å². The molecule has 2 nitrogen and oxygen atoms in total. The van der Waals surface area contributed by atoms with Gasteiger partial charge in [-0.15, -0.1) is 11.6 Å². The van der Waals surface area contributed by atoms with Crippen molar-refractivity contribution in [2.45, 2.75) is 64.2 Å². The highest BCUT2D eigenvalue weighted by Gasteiger charge is 2.61. The highest BCUT2D eigenvalue weighted by molar-refractivity contribution is 6.20. The Morgan fingerprint density at radius 1 is 1.10 bits per heavy atom.